The number of hydrogen-bond donors (Lipinski definition) is 3. The molecule has 0 saturated carbocycles. The molecule has 4 amide bonds. The van der Waals surface area contributed by atoms with Crippen LogP contribution in [0.25, 0.3) is 0 Å². The summed E-state index contributed by atoms with van der Waals surface area (Å²) in [5.41, 5.74) is 0.755. The Hall–Kier alpha value is -3.01. The number of amides is 4. The van der Waals surface area contributed by atoms with Gasteiger partial charge in [0.1, 0.15) is 11.9 Å². The summed E-state index contributed by atoms with van der Waals surface area (Å²) in [5.74, 6) is -0.983. The first-order valence-corrected chi connectivity index (χ1v) is 11.6. The van der Waals surface area contributed by atoms with E-state index in [4.69, 9.17) is 0 Å². The molecule has 0 aliphatic carbocycles. The van der Waals surface area contributed by atoms with Crippen LogP contribution >= 0.6 is 11.3 Å². The molecule has 1 saturated heterocycles. The lowest BCUT2D eigenvalue weighted by Crippen LogP contribution is -2.54. The van der Waals surface area contributed by atoms with E-state index in [9.17, 15) is 18.8 Å². The molecule has 0 spiro atoms. The van der Waals surface area contributed by atoms with Crippen LogP contribution in [-0.4, -0.2) is 46.9 Å². The van der Waals surface area contributed by atoms with Gasteiger partial charge < -0.3 is 20.9 Å². The molecule has 2 atom stereocenters. The van der Waals surface area contributed by atoms with Gasteiger partial charge in [0.2, 0.25) is 11.8 Å². The second-order valence-corrected chi connectivity index (χ2v) is 8.64. The standard InChI is InChI=1S/C22H28FN5O3S/c1-2-4-18(26-21(31)25-13-15-6-8-17(23)9-7-15)20(30)28-11-3-5-16(14-28)19(29)27-22-24-10-12-32-22/h6-10,12,16,18H,2-5,11,13-14H2,1H3,(H,24,27,29)(H2,25,26,31). The highest BCUT2D eigenvalue weighted by molar-refractivity contribution is 7.13. The van der Waals surface area contributed by atoms with E-state index in [1.54, 1.807) is 28.6 Å². The molecular weight excluding hydrogens is 433 g/mol. The largest absolute Gasteiger partial charge is 0.340 e. The smallest absolute Gasteiger partial charge is 0.315 e. The predicted octanol–water partition coefficient (Wildman–Crippen LogP) is 3.13. The Labute approximate surface area is 190 Å². The van der Waals surface area contributed by atoms with Gasteiger partial charge in [0, 0.05) is 31.2 Å². The maximum Gasteiger partial charge on any atom is 0.315 e. The number of hydrogen-bond acceptors (Lipinski definition) is 5. The van der Waals surface area contributed by atoms with E-state index < -0.39 is 12.1 Å². The van der Waals surface area contributed by atoms with Gasteiger partial charge in [-0.05, 0) is 37.0 Å². The number of urea groups is 1. The number of nitrogens with one attached hydrogen (secondary N) is 3. The Bertz CT molecular complexity index is 907. The monoisotopic (exact) mass is 461 g/mol. The Morgan fingerprint density at radius 1 is 1.28 bits per heavy atom. The fourth-order valence-corrected chi connectivity index (χ4v) is 4.18. The molecule has 172 valence electrons. The van der Waals surface area contributed by atoms with Crippen LogP contribution in [-0.2, 0) is 16.1 Å². The fraction of sp³-hybridized carbons (Fsp3) is 0.455. The molecule has 1 aliphatic rings. The van der Waals surface area contributed by atoms with Crippen molar-refractivity contribution in [3.8, 4) is 0 Å². The average Bonchev–Trinajstić information content (AvgIpc) is 3.31. The van der Waals surface area contributed by atoms with Gasteiger partial charge in [-0.3, -0.25) is 9.59 Å². The number of carbonyl (C=O) groups excluding carboxylic acids is 3. The summed E-state index contributed by atoms with van der Waals surface area (Å²) in [5, 5.41) is 10.6. The van der Waals surface area contributed by atoms with Crippen LogP contribution in [0.1, 0.15) is 38.2 Å². The molecule has 3 rings (SSSR count). The van der Waals surface area contributed by atoms with Crippen molar-refractivity contribution in [1.29, 1.82) is 0 Å². The molecule has 8 nitrogen and oxygen atoms in total. The molecule has 3 N–H and O–H groups in total. The van der Waals surface area contributed by atoms with Gasteiger partial charge in [-0.15, -0.1) is 11.3 Å². The van der Waals surface area contributed by atoms with E-state index >= 15 is 0 Å². The Kier molecular flexibility index (Phi) is 8.55. The zero-order chi connectivity index (χ0) is 22.9. The van der Waals surface area contributed by atoms with Crippen molar-refractivity contribution in [3.05, 3.63) is 47.2 Å². The average molecular weight is 462 g/mol. The van der Waals surface area contributed by atoms with Gasteiger partial charge in [-0.25, -0.2) is 14.2 Å². The lowest BCUT2D eigenvalue weighted by atomic mass is 9.96. The highest BCUT2D eigenvalue weighted by Gasteiger charge is 2.32. The zero-order valence-electron chi connectivity index (χ0n) is 18.0. The summed E-state index contributed by atoms with van der Waals surface area (Å²) < 4.78 is 13.0. The maximum absolute atomic E-state index is 13.1. The summed E-state index contributed by atoms with van der Waals surface area (Å²) in [4.78, 5) is 43.8. The topological polar surface area (TPSA) is 103 Å². The Balaban J connectivity index is 1.53. The third kappa shape index (κ3) is 6.74. The summed E-state index contributed by atoms with van der Waals surface area (Å²) >= 11 is 1.35. The lowest BCUT2D eigenvalue weighted by Gasteiger charge is -2.34. The third-order valence-corrected chi connectivity index (χ3v) is 6.00. The van der Waals surface area contributed by atoms with Crippen molar-refractivity contribution in [2.45, 2.75) is 45.2 Å². The zero-order valence-corrected chi connectivity index (χ0v) is 18.8. The number of anilines is 1. The van der Waals surface area contributed by atoms with Crippen molar-refractivity contribution >= 4 is 34.3 Å². The van der Waals surface area contributed by atoms with Crippen LogP contribution in [0.2, 0.25) is 0 Å². The van der Waals surface area contributed by atoms with Crippen molar-refractivity contribution in [1.82, 2.24) is 20.5 Å². The van der Waals surface area contributed by atoms with Gasteiger partial charge in [-0.2, -0.15) is 0 Å². The van der Waals surface area contributed by atoms with E-state index in [0.29, 0.717) is 31.1 Å². The number of piperidine rings is 1. The molecule has 1 aliphatic heterocycles. The fourth-order valence-electron chi connectivity index (χ4n) is 3.64. The molecule has 1 fully saturated rings. The van der Waals surface area contributed by atoms with Crippen LogP contribution in [0.5, 0.6) is 0 Å². The summed E-state index contributed by atoms with van der Waals surface area (Å²) in [6, 6.07) is 4.71. The second-order valence-electron chi connectivity index (χ2n) is 7.74. The molecule has 1 aromatic heterocycles. The summed E-state index contributed by atoms with van der Waals surface area (Å²) in [7, 11) is 0. The lowest BCUT2D eigenvalue weighted by molar-refractivity contribution is -0.136. The molecule has 0 radical (unpaired) electrons. The highest BCUT2D eigenvalue weighted by atomic mass is 32.1. The molecule has 2 heterocycles. The number of thiazole rings is 1. The van der Waals surface area contributed by atoms with Gasteiger partial charge in [0.15, 0.2) is 5.13 Å². The van der Waals surface area contributed by atoms with E-state index in [-0.39, 0.29) is 30.1 Å². The van der Waals surface area contributed by atoms with Gasteiger partial charge in [-0.1, -0.05) is 25.5 Å². The first kappa shape index (κ1) is 23.6. The minimum Gasteiger partial charge on any atom is -0.340 e. The molecule has 10 heteroatoms. The Morgan fingerprint density at radius 3 is 2.75 bits per heavy atom. The number of aromatic nitrogens is 1. The van der Waals surface area contributed by atoms with Gasteiger partial charge in [0.05, 0.1) is 5.92 Å². The van der Waals surface area contributed by atoms with Crippen molar-refractivity contribution in [2.75, 3.05) is 18.4 Å². The molecule has 1 aromatic carbocycles. The van der Waals surface area contributed by atoms with E-state index in [1.807, 2.05) is 6.92 Å². The van der Waals surface area contributed by atoms with Crippen LogP contribution in [0, 0.1) is 11.7 Å². The number of carbonyl (C=O) groups is 3. The number of rotatable bonds is 8. The number of benzene rings is 1. The van der Waals surface area contributed by atoms with Gasteiger partial charge in [0.25, 0.3) is 0 Å². The van der Waals surface area contributed by atoms with E-state index in [1.165, 1.54) is 23.5 Å². The van der Waals surface area contributed by atoms with Crippen LogP contribution in [0.15, 0.2) is 35.8 Å². The van der Waals surface area contributed by atoms with Crippen LogP contribution in [0.3, 0.4) is 0 Å². The SMILES string of the molecule is CCCC(NC(=O)NCc1ccc(F)cc1)C(=O)N1CCCC(C(=O)Nc2nccs2)C1. The highest BCUT2D eigenvalue weighted by Crippen LogP contribution is 2.21. The maximum atomic E-state index is 13.1. The van der Waals surface area contributed by atoms with Crippen molar-refractivity contribution in [2.24, 2.45) is 5.92 Å². The number of nitrogens with zero attached hydrogens (tertiary/aromatic N) is 2. The van der Waals surface area contributed by atoms with Gasteiger partial charge >= 0.3 is 6.03 Å². The first-order chi connectivity index (χ1) is 15.5. The Morgan fingerprint density at radius 2 is 2.06 bits per heavy atom. The molecule has 2 aromatic rings. The van der Waals surface area contributed by atoms with Crippen molar-refractivity contribution in [3.63, 3.8) is 0 Å². The molecular formula is C22H28FN5O3S. The van der Waals surface area contributed by atoms with E-state index in [0.717, 1.165) is 18.4 Å². The minimum absolute atomic E-state index is 0.144. The van der Waals surface area contributed by atoms with Crippen LogP contribution in [0.4, 0.5) is 14.3 Å². The number of halogens is 1. The molecule has 2 unspecified atom stereocenters. The van der Waals surface area contributed by atoms with E-state index in [2.05, 4.69) is 20.9 Å². The molecule has 0 bridgehead atoms. The summed E-state index contributed by atoms with van der Waals surface area (Å²) in [6.45, 7) is 3.04. The molecule has 32 heavy (non-hydrogen) atoms. The second kappa shape index (κ2) is 11.6. The first-order valence-electron chi connectivity index (χ1n) is 10.7. The normalized spacial score (nSPS) is 16.8. The van der Waals surface area contributed by atoms with Crippen molar-refractivity contribution < 1.29 is 18.8 Å². The quantitative estimate of drug-likeness (QED) is 0.562. The summed E-state index contributed by atoms with van der Waals surface area (Å²) in [6.07, 6.45) is 4.26. The third-order valence-electron chi connectivity index (χ3n) is 5.31. The minimum atomic E-state index is -0.672. The van der Waals surface area contributed by atoms with Crippen LogP contribution < -0.4 is 16.0 Å². The number of likely N-dealkylation sites (tertiary alicyclic amines) is 1. The predicted molar refractivity (Wildman–Crippen MR) is 121 cm³/mol.